The van der Waals surface area contributed by atoms with Gasteiger partial charge in [0.1, 0.15) is 12.4 Å². The van der Waals surface area contributed by atoms with Gasteiger partial charge in [0.2, 0.25) is 5.91 Å². The topological polar surface area (TPSA) is 58.6 Å². The second kappa shape index (κ2) is 5.19. The molecule has 0 aliphatic carbocycles. The fourth-order valence-electron chi connectivity index (χ4n) is 1.42. The summed E-state index contributed by atoms with van der Waals surface area (Å²) in [7, 11) is 1.45. The van der Waals surface area contributed by atoms with E-state index in [0.29, 0.717) is 5.69 Å². The van der Waals surface area contributed by atoms with E-state index >= 15 is 0 Å². The van der Waals surface area contributed by atoms with E-state index in [4.69, 9.17) is 4.74 Å². The summed E-state index contributed by atoms with van der Waals surface area (Å²) in [6.07, 6.45) is 0. The van der Waals surface area contributed by atoms with Crippen LogP contribution in [0.2, 0.25) is 0 Å². The van der Waals surface area contributed by atoms with Crippen molar-refractivity contribution in [3.63, 3.8) is 0 Å². The summed E-state index contributed by atoms with van der Waals surface area (Å²) in [5, 5.41) is 12.3. The number of benzene rings is 1. The van der Waals surface area contributed by atoms with Crippen LogP contribution in [0.1, 0.15) is 26.3 Å². The molecule has 0 bridgehead atoms. The Bertz CT molecular complexity index is 408. The lowest BCUT2D eigenvalue weighted by atomic mass is 9.87. The van der Waals surface area contributed by atoms with Gasteiger partial charge in [-0.3, -0.25) is 4.79 Å². The molecule has 1 amide bonds. The fraction of sp³-hybridized carbons (Fsp3) is 0.462. The minimum absolute atomic E-state index is 0.0286. The predicted octanol–water partition coefficient (Wildman–Crippen LogP) is 2.27. The maximum absolute atomic E-state index is 11.4. The standard InChI is InChI=1S/C13H19NO3/c1-13(2,3)9-5-6-11(15)10(7-9)14-12(16)8-17-4/h5-7,15H,8H2,1-4H3,(H,14,16). The van der Waals surface area contributed by atoms with Crippen LogP contribution >= 0.6 is 0 Å². The van der Waals surface area contributed by atoms with Crippen LogP contribution in [-0.4, -0.2) is 24.7 Å². The number of hydrogen-bond acceptors (Lipinski definition) is 3. The third-order valence-corrected chi connectivity index (χ3v) is 2.41. The molecule has 1 aromatic carbocycles. The zero-order valence-electron chi connectivity index (χ0n) is 10.7. The monoisotopic (exact) mass is 237 g/mol. The molecule has 0 atom stereocenters. The Morgan fingerprint density at radius 2 is 2.06 bits per heavy atom. The quantitative estimate of drug-likeness (QED) is 0.793. The zero-order chi connectivity index (χ0) is 13.1. The summed E-state index contributed by atoms with van der Waals surface area (Å²) in [4.78, 5) is 11.4. The Hall–Kier alpha value is -1.55. The first-order valence-corrected chi connectivity index (χ1v) is 5.47. The number of ether oxygens (including phenoxy) is 1. The van der Waals surface area contributed by atoms with Crippen molar-refractivity contribution in [2.75, 3.05) is 19.0 Å². The smallest absolute Gasteiger partial charge is 0.250 e. The molecule has 0 aromatic heterocycles. The molecule has 0 aliphatic heterocycles. The van der Waals surface area contributed by atoms with Crippen molar-refractivity contribution in [1.82, 2.24) is 0 Å². The minimum Gasteiger partial charge on any atom is -0.506 e. The first-order chi connectivity index (χ1) is 7.84. The third kappa shape index (κ3) is 3.75. The maximum Gasteiger partial charge on any atom is 0.250 e. The first kappa shape index (κ1) is 13.5. The molecule has 94 valence electrons. The van der Waals surface area contributed by atoms with E-state index in [-0.39, 0.29) is 23.7 Å². The predicted molar refractivity (Wildman–Crippen MR) is 67.3 cm³/mol. The van der Waals surface area contributed by atoms with E-state index in [1.54, 1.807) is 12.1 Å². The minimum atomic E-state index is -0.283. The lowest BCUT2D eigenvalue weighted by Crippen LogP contribution is -2.18. The van der Waals surface area contributed by atoms with Gasteiger partial charge in [0.15, 0.2) is 0 Å². The highest BCUT2D eigenvalue weighted by Gasteiger charge is 2.16. The molecule has 0 saturated carbocycles. The summed E-state index contributed by atoms with van der Waals surface area (Å²) in [5.41, 5.74) is 1.43. The van der Waals surface area contributed by atoms with E-state index in [1.165, 1.54) is 7.11 Å². The number of aromatic hydroxyl groups is 1. The van der Waals surface area contributed by atoms with Gasteiger partial charge in [0.05, 0.1) is 5.69 Å². The molecule has 0 heterocycles. The Kier molecular flexibility index (Phi) is 4.12. The van der Waals surface area contributed by atoms with Gasteiger partial charge in [-0.1, -0.05) is 26.8 Å². The van der Waals surface area contributed by atoms with Crippen LogP contribution < -0.4 is 5.32 Å². The number of nitrogens with one attached hydrogen (secondary N) is 1. The number of amides is 1. The highest BCUT2D eigenvalue weighted by atomic mass is 16.5. The number of phenolic OH excluding ortho intramolecular Hbond substituents is 1. The van der Waals surface area contributed by atoms with Gasteiger partial charge in [-0.05, 0) is 23.1 Å². The largest absolute Gasteiger partial charge is 0.506 e. The summed E-state index contributed by atoms with van der Waals surface area (Å²) >= 11 is 0. The number of anilines is 1. The lowest BCUT2D eigenvalue weighted by molar-refractivity contribution is -0.119. The zero-order valence-corrected chi connectivity index (χ0v) is 10.7. The van der Waals surface area contributed by atoms with Crippen molar-refractivity contribution in [1.29, 1.82) is 0 Å². The molecule has 0 aliphatic rings. The molecule has 0 radical (unpaired) electrons. The van der Waals surface area contributed by atoms with Gasteiger partial charge in [-0.2, -0.15) is 0 Å². The van der Waals surface area contributed by atoms with Crippen LogP contribution in [0.4, 0.5) is 5.69 Å². The van der Waals surface area contributed by atoms with E-state index < -0.39 is 0 Å². The highest BCUT2D eigenvalue weighted by molar-refractivity contribution is 5.93. The molecule has 4 nitrogen and oxygen atoms in total. The van der Waals surface area contributed by atoms with E-state index in [9.17, 15) is 9.90 Å². The molecule has 0 unspecified atom stereocenters. The molecular formula is C13H19NO3. The average molecular weight is 237 g/mol. The van der Waals surface area contributed by atoms with Gasteiger partial charge in [-0.25, -0.2) is 0 Å². The number of methoxy groups -OCH3 is 1. The Morgan fingerprint density at radius 1 is 1.41 bits per heavy atom. The molecule has 0 fully saturated rings. The third-order valence-electron chi connectivity index (χ3n) is 2.41. The second-order valence-electron chi connectivity index (χ2n) is 4.96. The molecule has 0 saturated heterocycles. The van der Waals surface area contributed by atoms with Crippen LogP contribution in [0.25, 0.3) is 0 Å². The molecule has 4 heteroatoms. The highest BCUT2D eigenvalue weighted by Crippen LogP contribution is 2.30. The molecule has 1 rings (SSSR count). The number of carbonyl (C=O) groups is 1. The van der Waals surface area contributed by atoms with Crippen molar-refractivity contribution in [3.8, 4) is 5.75 Å². The number of carbonyl (C=O) groups excluding carboxylic acids is 1. The summed E-state index contributed by atoms with van der Waals surface area (Å²) in [6, 6.07) is 5.22. The summed E-state index contributed by atoms with van der Waals surface area (Å²) in [5.74, 6) is -0.226. The van der Waals surface area contributed by atoms with Crippen LogP contribution in [0.3, 0.4) is 0 Å². The Balaban J connectivity index is 2.95. The normalized spacial score (nSPS) is 11.3. The van der Waals surface area contributed by atoms with Crippen LogP contribution in [0.5, 0.6) is 5.75 Å². The van der Waals surface area contributed by atoms with Gasteiger partial charge >= 0.3 is 0 Å². The summed E-state index contributed by atoms with van der Waals surface area (Å²) < 4.78 is 4.72. The molecule has 0 spiro atoms. The molecule has 1 aromatic rings. The lowest BCUT2D eigenvalue weighted by Gasteiger charge is -2.20. The maximum atomic E-state index is 11.4. The van der Waals surface area contributed by atoms with Crippen LogP contribution in [0, 0.1) is 0 Å². The molecular weight excluding hydrogens is 218 g/mol. The van der Waals surface area contributed by atoms with E-state index in [2.05, 4.69) is 26.1 Å². The van der Waals surface area contributed by atoms with E-state index in [0.717, 1.165) is 5.56 Å². The van der Waals surface area contributed by atoms with Crippen molar-refractivity contribution in [2.45, 2.75) is 26.2 Å². The van der Waals surface area contributed by atoms with E-state index in [1.807, 2.05) is 6.07 Å². The Labute approximate surface area is 102 Å². The SMILES string of the molecule is COCC(=O)Nc1cc(C(C)(C)C)ccc1O. The van der Waals surface area contributed by atoms with Crippen molar-refractivity contribution in [2.24, 2.45) is 0 Å². The van der Waals surface area contributed by atoms with Gasteiger partial charge in [0, 0.05) is 7.11 Å². The molecule has 17 heavy (non-hydrogen) atoms. The van der Waals surface area contributed by atoms with Crippen LogP contribution in [-0.2, 0) is 14.9 Å². The van der Waals surface area contributed by atoms with Crippen molar-refractivity contribution in [3.05, 3.63) is 23.8 Å². The summed E-state index contributed by atoms with van der Waals surface area (Å²) in [6.45, 7) is 6.18. The first-order valence-electron chi connectivity index (χ1n) is 5.47. The average Bonchev–Trinajstić information content (AvgIpc) is 2.20. The van der Waals surface area contributed by atoms with Crippen molar-refractivity contribution < 1.29 is 14.6 Å². The number of phenols is 1. The number of hydrogen-bond donors (Lipinski definition) is 2. The fourth-order valence-corrected chi connectivity index (χ4v) is 1.42. The van der Waals surface area contributed by atoms with Gasteiger partial charge in [0.25, 0.3) is 0 Å². The number of rotatable bonds is 3. The molecule has 2 N–H and O–H groups in total. The Morgan fingerprint density at radius 3 is 2.59 bits per heavy atom. The van der Waals surface area contributed by atoms with Crippen molar-refractivity contribution >= 4 is 11.6 Å². The van der Waals surface area contributed by atoms with Crippen LogP contribution in [0.15, 0.2) is 18.2 Å². The van der Waals surface area contributed by atoms with Gasteiger partial charge in [-0.15, -0.1) is 0 Å². The van der Waals surface area contributed by atoms with Gasteiger partial charge < -0.3 is 15.2 Å². The second-order valence-corrected chi connectivity index (χ2v) is 4.96.